The summed E-state index contributed by atoms with van der Waals surface area (Å²) in [5.41, 5.74) is 2.34. The van der Waals surface area contributed by atoms with Gasteiger partial charge in [0.15, 0.2) is 12.4 Å². The predicted octanol–water partition coefficient (Wildman–Crippen LogP) is 4.54. The van der Waals surface area contributed by atoms with Crippen LogP contribution in [0, 0.1) is 11.7 Å². The largest absolute Gasteiger partial charge is 0.484 e. The van der Waals surface area contributed by atoms with E-state index in [0.717, 1.165) is 36.1 Å². The number of carbonyl (C=O) groups excluding carboxylic acids is 1. The van der Waals surface area contributed by atoms with E-state index >= 15 is 0 Å². The first-order chi connectivity index (χ1) is 15.1. The maximum Gasteiger partial charge on any atom is 0.262 e. The third-order valence-electron chi connectivity index (χ3n) is 5.39. The number of benzene rings is 2. The maximum absolute atomic E-state index is 13.2. The fraction of sp³-hybridized carbons (Fsp3) is 0.292. The van der Waals surface area contributed by atoms with Gasteiger partial charge < -0.3 is 15.0 Å². The lowest BCUT2D eigenvalue weighted by Crippen LogP contribution is -2.33. The summed E-state index contributed by atoms with van der Waals surface area (Å²) in [6, 6.07) is 17.0. The summed E-state index contributed by atoms with van der Waals surface area (Å²) >= 11 is 0. The van der Waals surface area contributed by atoms with Crippen LogP contribution in [0.25, 0.3) is 11.3 Å². The van der Waals surface area contributed by atoms with Gasteiger partial charge in [-0.05, 0) is 55.2 Å². The smallest absolute Gasteiger partial charge is 0.262 e. The van der Waals surface area contributed by atoms with Crippen molar-refractivity contribution in [3.63, 3.8) is 0 Å². The van der Waals surface area contributed by atoms with E-state index in [1.54, 1.807) is 18.2 Å². The molecule has 1 amide bonds. The average Bonchev–Trinajstić information content (AvgIpc) is 2.79. The molecule has 1 N–H and O–H groups in total. The number of nitrogens with one attached hydrogen (secondary N) is 1. The van der Waals surface area contributed by atoms with Crippen LogP contribution in [-0.4, -0.2) is 35.8 Å². The summed E-state index contributed by atoms with van der Waals surface area (Å²) < 4.78 is 18.5. The van der Waals surface area contributed by atoms with E-state index in [1.807, 2.05) is 24.3 Å². The van der Waals surface area contributed by atoms with Crippen LogP contribution in [0.4, 0.5) is 15.9 Å². The summed E-state index contributed by atoms with van der Waals surface area (Å²) in [6.07, 6.45) is 2.37. The highest BCUT2D eigenvalue weighted by Crippen LogP contribution is 2.24. The molecule has 0 atom stereocenters. The van der Waals surface area contributed by atoms with Gasteiger partial charge in [-0.25, -0.2) is 4.39 Å². The third kappa shape index (κ3) is 5.57. The second kappa shape index (κ2) is 9.55. The van der Waals surface area contributed by atoms with Gasteiger partial charge in [-0.1, -0.05) is 25.1 Å². The molecule has 4 rings (SSSR count). The van der Waals surface area contributed by atoms with E-state index in [9.17, 15) is 9.18 Å². The third-order valence-corrected chi connectivity index (χ3v) is 5.39. The van der Waals surface area contributed by atoms with Crippen LogP contribution in [0.5, 0.6) is 5.75 Å². The van der Waals surface area contributed by atoms with E-state index in [1.165, 1.54) is 31.0 Å². The maximum atomic E-state index is 13.2. The molecule has 31 heavy (non-hydrogen) atoms. The molecule has 0 radical (unpaired) electrons. The van der Waals surface area contributed by atoms with Crippen LogP contribution < -0.4 is 15.0 Å². The highest BCUT2D eigenvalue weighted by atomic mass is 19.1. The molecule has 3 aromatic rings. The lowest BCUT2D eigenvalue weighted by atomic mass is 9.99. The van der Waals surface area contributed by atoms with Gasteiger partial charge in [0.25, 0.3) is 5.91 Å². The molecule has 7 heteroatoms. The van der Waals surface area contributed by atoms with E-state index in [-0.39, 0.29) is 12.5 Å². The summed E-state index contributed by atoms with van der Waals surface area (Å²) in [7, 11) is 0. The minimum Gasteiger partial charge on any atom is -0.484 e. The molecule has 160 valence electrons. The minimum atomic E-state index is -0.407. The Bertz CT molecular complexity index is 1020. The van der Waals surface area contributed by atoms with E-state index in [2.05, 4.69) is 27.3 Å². The van der Waals surface area contributed by atoms with Crippen LogP contribution in [0.3, 0.4) is 0 Å². The van der Waals surface area contributed by atoms with Gasteiger partial charge in [0.2, 0.25) is 0 Å². The van der Waals surface area contributed by atoms with Gasteiger partial charge >= 0.3 is 0 Å². The molecule has 2 aromatic carbocycles. The predicted molar refractivity (Wildman–Crippen MR) is 119 cm³/mol. The number of piperidine rings is 1. The monoisotopic (exact) mass is 420 g/mol. The van der Waals surface area contributed by atoms with Gasteiger partial charge in [0.1, 0.15) is 11.6 Å². The van der Waals surface area contributed by atoms with Crippen molar-refractivity contribution in [2.75, 3.05) is 29.9 Å². The molecule has 0 bridgehead atoms. The van der Waals surface area contributed by atoms with Gasteiger partial charge in [0.05, 0.1) is 5.69 Å². The van der Waals surface area contributed by atoms with Gasteiger partial charge in [-0.15, -0.1) is 10.2 Å². The van der Waals surface area contributed by atoms with Crippen molar-refractivity contribution in [1.82, 2.24) is 10.2 Å². The summed E-state index contributed by atoms with van der Waals surface area (Å²) in [4.78, 5) is 14.4. The zero-order valence-electron chi connectivity index (χ0n) is 17.4. The summed E-state index contributed by atoms with van der Waals surface area (Å²) in [5.74, 6) is 1.27. The molecule has 6 nitrogen and oxygen atoms in total. The number of halogens is 1. The fourth-order valence-corrected chi connectivity index (χ4v) is 3.51. The molecule has 1 aromatic heterocycles. The molecule has 0 spiro atoms. The zero-order valence-corrected chi connectivity index (χ0v) is 17.4. The van der Waals surface area contributed by atoms with E-state index in [0.29, 0.717) is 11.4 Å². The number of aromatic nitrogens is 2. The Morgan fingerprint density at radius 3 is 2.55 bits per heavy atom. The van der Waals surface area contributed by atoms with Crippen molar-refractivity contribution >= 4 is 17.4 Å². The highest BCUT2D eigenvalue weighted by molar-refractivity contribution is 5.92. The van der Waals surface area contributed by atoms with Crippen molar-refractivity contribution < 1.29 is 13.9 Å². The molecular weight excluding hydrogens is 395 g/mol. The minimum absolute atomic E-state index is 0.201. The Morgan fingerprint density at radius 1 is 1.10 bits per heavy atom. The lowest BCUT2D eigenvalue weighted by molar-refractivity contribution is -0.118. The fourth-order valence-electron chi connectivity index (χ4n) is 3.51. The standard InChI is InChI=1S/C24H25FN4O2/c1-17-11-13-29(14-12-17)23-10-9-22(27-28-23)18-5-7-20(8-6-18)26-24(30)16-31-21-4-2-3-19(25)15-21/h2-10,15,17H,11-14,16H2,1H3,(H,26,30). The quantitative estimate of drug-likeness (QED) is 0.634. The van der Waals surface area contributed by atoms with Crippen molar-refractivity contribution in [3.8, 4) is 17.0 Å². The molecule has 1 saturated heterocycles. The van der Waals surface area contributed by atoms with Crippen molar-refractivity contribution in [1.29, 1.82) is 0 Å². The molecule has 0 saturated carbocycles. The molecule has 0 unspecified atom stereocenters. The van der Waals surface area contributed by atoms with Crippen molar-refractivity contribution in [2.45, 2.75) is 19.8 Å². The summed E-state index contributed by atoms with van der Waals surface area (Å²) in [5, 5.41) is 11.5. The number of rotatable bonds is 6. The first kappa shape index (κ1) is 20.8. The second-order valence-electron chi connectivity index (χ2n) is 7.82. The van der Waals surface area contributed by atoms with Crippen molar-refractivity contribution in [2.24, 2.45) is 5.92 Å². The van der Waals surface area contributed by atoms with Crippen LogP contribution in [0.15, 0.2) is 60.7 Å². The van der Waals surface area contributed by atoms with Gasteiger partial charge in [-0.2, -0.15) is 0 Å². The van der Waals surface area contributed by atoms with Gasteiger partial charge in [-0.3, -0.25) is 4.79 Å². The Labute approximate surface area is 181 Å². The SMILES string of the molecule is CC1CCN(c2ccc(-c3ccc(NC(=O)COc4cccc(F)c4)cc3)nn2)CC1. The molecule has 1 aliphatic rings. The van der Waals surface area contributed by atoms with Gasteiger partial charge in [0, 0.05) is 30.4 Å². The molecular formula is C24H25FN4O2. The molecule has 2 heterocycles. The number of amides is 1. The topological polar surface area (TPSA) is 67.4 Å². The number of nitrogens with zero attached hydrogens (tertiary/aromatic N) is 3. The highest BCUT2D eigenvalue weighted by Gasteiger charge is 2.17. The Kier molecular flexibility index (Phi) is 6.40. The number of anilines is 2. The van der Waals surface area contributed by atoms with Crippen molar-refractivity contribution in [3.05, 3.63) is 66.5 Å². The zero-order chi connectivity index (χ0) is 21.6. The number of carbonyl (C=O) groups is 1. The first-order valence-corrected chi connectivity index (χ1v) is 10.4. The second-order valence-corrected chi connectivity index (χ2v) is 7.82. The number of ether oxygens (including phenoxy) is 1. The number of hydrogen-bond acceptors (Lipinski definition) is 5. The molecule has 1 fully saturated rings. The van der Waals surface area contributed by atoms with E-state index in [4.69, 9.17) is 4.74 Å². The van der Waals surface area contributed by atoms with E-state index < -0.39 is 5.82 Å². The van der Waals surface area contributed by atoms with Crippen LogP contribution >= 0.6 is 0 Å². The van der Waals surface area contributed by atoms with Crippen LogP contribution in [-0.2, 0) is 4.79 Å². The average molecular weight is 420 g/mol. The lowest BCUT2D eigenvalue weighted by Gasteiger charge is -2.30. The first-order valence-electron chi connectivity index (χ1n) is 10.4. The Hall–Kier alpha value is -3.48. The normalized spacial score (nSPS) is 14.3. The Morgan fingerprint density at radius 2 is 1.87 bits per heavy atom. The van der Waals surface area contributed by atoms with Crippen LogP contribution in [0.1, 0.15) is 19.8 Å². The molecule has 1 aliphatic heterocycles. The number of hydrogen-bond donors (Lipinski definition) is 1. The van der Waals surface area contributed by atoms with Crippen LogP contribution in [0.2, 0.25) is 0 Å². The Balaban J connectivity index is 1.32. The molecule has 0 aliphatic carbocycles. The summed E-state index contributed by atoms with van der Waals surface area (Å²) in [6.45, 7) is 4.13.